The Bertz CT molecular complexity index is 1910. The van der Waals surface area contributed by atoms with Crippen LogP contribution in [0.3, 0.4) is 0 Å². The van der Waals surface area contributed by atoms with Crippen molar-refractivity contribution in [3.8, 4) is 11.5 Å². The molecule has 2 N–H and O–H groups in total. The zero-order valence-electron chi connectivity index (χ0n) is 26.9. The van der Waals surface area contributed by atoms with Crippen molar-refractivity contribution in [2.75, 3.05) is 31.0 Å². The molecule has 250 valence electrons. The van der Waals surface area contributed by atoms with Gasteiger partial charge in [0.25, 0.3) is 11.8 Å². The fraction of sp³-hybridized carbons (Fsp3) is 0.162. The van der Waals surface area contributed by atoms with Gasteiger partial charge in [0.15, 0.2) is 11.5 Å². The van der Waals surface area contributed by atoms with Gasteiger partial charge in [-0.2, -0.15) is 0 Å². The fourth-order valence-corrected chi connectivity index (χ4v) is 6.17. The largest absolute Gasteiger partial charge is 0.493 e. The smallest absolute Gasteiger partial charge is 0.338 e. The van der Waals surface area contributed by atoms with Crippen molar-refractivity contribution in [2.45, 2.75) is 23.5 Å². The lowest BCUT2D eigenvalue weighted by Crippen LogP contribution is -2.31. The summed E-state index contributed by atoms with van der Waals surface area (Å²) in [4.78, 5) is 66.8. The summed E-state index contributed by atoms with van der Waals surface area (Å²) in [5.41, 5.74) is 1.87. The first-order valence-corrected chi connectivity index (χ1v) is 16.1. The number of para-hydroxylation sites is 1. The molecule has 1 aliphatic rings. The molecule has 1 fully saturated rings. The van der Waals surface area contributed by atoms with E-state index in [1.807, 2.05) is 0 Å². The molecule has 0 saturated carbocycles. The SMILES string of the molecule is CCOC(=O)c1ccc(N2C(=O)CC(Sc3cccc(NC(=O)C(=Cc4cccc(OC)c4OC)NC(=O)c4ccccc4)c3)C2=O)cc1. The first-order chi connectivity index (χ1) is 23.7. The molecule has 1 saturated heterocycles. The molecule has 1 unspecified atom stereocenters. The molecule has 0 spiro atoms. The highest BCUT2D eigenvalue weighted by Crippen LogP contribution is 2.35. The minimum absolute atomic E-state index is 0.0273. The minimum Gasteiger partial charge on any atom is -0.493 e. The molecule has 12 heteroatoms. The Morgan fingerprint density at radius 1 is 0.878 bits per heavy atom. The van der Waals surface area contributed by atoms with Gasteiger partial charge < -0.3 is 24.8 Å². The second kappa shape index (κ2) is 15.8. The summed E-state index contributed by atoms with van der Waals surface area (Å²) in [5, 5.41) is 4.82. The third-order valence-corrected chi connectivity index (χ3v) is 8.55. The van der Waals surface area contributed by atoms with Crippen LogP contribution in [0.25, 0.3) is 6.08 Å². The van der Waals surface area contributed by atoms with E-state index in [1.54, 1.807) is 79.7 Å². The van der Waals surface area contributed by atoms with Gasteiger partial charge in [0.2, 0.25) is 11.8 Å². The van der Waals surface area contributed by atoms with Crippen molar-refractivity contribution >= 4 is 58.8 Å². The molecule has 1 aliphatic heterocycles. The maximum absolute atomic E-state index is 13.7. The van der Waals surface area contributed by atoms with Gasteiger partial charge >= 0.3 is 5.97 Å². The Balaban J connectivity index is 1.34. The highest BCUT2D eigenvalue weighted by molar-refractivity contribution is 8.00. The van der Waals surface area contributed by atoms with Crippen LogP contribution in [0.4, 0.5) is 11.4 Å². The number of imide groups is 1. The number of nitrogens with one attached hydrogen (secondary N) is 2. The number of anilines is 2. The summed E-state index contributed by atoms with van der Waals surface area (Å²) in [6.45, 7) is 1.94. The normalized spacial score (nSPS) is 14.3. The Morgan fingerprint density at radius 3 is 2.31 bits per heavy atom. The number of carbonyl (C=O) groups excluding carboxylic acids is 5. The average molecular weight is 680 g/mol. The number of methoxy groups -OCH3 is 2. The van der Waals surface area contributed by atoms with Gasteiger partial charge in [0, 0.05) is 28.1 Å². The predicted octanol–water partition coefficient (Wildman–Crippen LogP) is 5.71. The van der Waals surface area contributed by atoms with E-state index in [2.05, 4.69) is 10.6 Å². The second-order valence-electron chi connectivity index (χ2n) is 10.6. The Hall–Kier alpha value is -5.88. The molecule has 0 aromatic heterocycles. The molecule has 11 nitrogen and oxygen atoms in total. The first-order valence-electron chi connectivity index (χ1n) is 15.2. The average Bonchev–Trinajstić information content (AvgIpc) is 3.39. The van der Waals surface area contributed by atoms with E-state index >= 15 is 0 Å². The number of ether oxygens (including phenoxy) is 3. The van der Waals surface area contributed by atoms with Crippen molar-refractivity contribution in [1.29, 1.82) is 0 Å². The minimum atomic E-state index is -0.704. The van der Waals surface area contributed by atoms with Crippen LogP contribution in [0.2, 0.25) is 0 Å². The zero-order valence-corrected chi connectivity index (χ0v) is 27.7. The van der Waals surface area contributed by atoms with E-state index in [9.17, 15) is 24.0 Å². The Morgan fingerprint density at radius 2 is 1.61 bits per heavy atom. The highest BCUT2D eigenvalue weighted by Gasteiger charge is 2.40. The summed E-state index contributed by atoms with van der Waals surface area (Å²) in [5.74, 6) is -1.53. The number of benzene rings is 4. The van der Waals surface area contributed by atoms with E-state index in [-0.39, 0.29) is 24.6 Å². The molecule has 4 aromatic carbocycles. The number of carbonyl (C=O) groups is 5. The first kappa shape index (κ1) is 34.5. The van der Waals surface area contributed by atoms with Crippen LogP contribution in [0.15, 0.2) is 108 Å². The van der Waals surface area contributed by atoms with Crippen molar-refractivity contribution < 1.29 is 38.2 Å². The molecule has 4 amide bonds. The fourth-order valence-electron chi connectivity index (χ4n) is 5.06. The van der Waals surface area contributed by atoms with Crippen molar-refractivity contribution in [3.63, 3.8) is 0 Å². The standard InChI is InChI=1S/C37H33N3O8S/c1-4-48-37(45)24-16-18-27(19-17-24)40-32(41)22-31(36(40)44)49-28-14-9-13-26(21-28)38-35(43)29(39-34(42)23-10-6-5-7-11-23)20-25-12-8-15-30(46-2)33(25)47-3/h5-21,31H,4,22H2,1-3H3,(H,38,43)(H,39,42). The number of hydrogen-bond acceptors (Lipinski definition) is 9. The third kappa shape index (κ3) is 8.17. The second-order valence-corrected chi connectivity index (χ2v) is 11.9. The molecule has 5 rings (SSSR count). The van der Waals surface area contributed by atoms with E-state index in [0.717, 1.165) is 4.90 Å². The van der Waals surface area contributed by atoms with Gasteiger partial charge in [0.1, 0.15) is 5.70 Å². The lowest BCUT2D eigenvalue weighted by molar-refractivity contribution is -0.121. The summed E-state index contributed by atoms with van der Waals surface area (Å²) >= 11 is 1.19. The topological polar surface area (TPSA) is 140 Å². The lowest BCUT2D eigenvalue weighted by Gasteiger charge is -2.16. The zero-order chi connectivity index (χ0) is 34.9. The molecular weight excluding hydrogens is 646 g/mol. The summed E-state index contributed by atoms with van der Waals surface area (Å²) < 4.78 is 15.9. The number of hydrogen-bond donors (Lipinski definition) is 2. The van der Waals surface area contributed by atoms with Gasteiger partial charge in [-0.15, -0.1) is 11.8 Å². The monoisotopic (exact) mass is 679 g/mol. The van der Waals surface area contributed by atoms with Gasteiger partial charge in [-0.25, -0.2) is 9.69 Å². The number of thioether (sulfide) groups is 1. The molecule has 49 heavy (non-hydrogen) atoms. The predicted molar refractivity (Wildman–Crippen MR) is 186 cm³/mol. The molecule has 0 aliphatic carbocycles. The number of nitrogens with zero attached hydrogens (tertiary/aromatic N) is 1. The Kier molecular flexibility index (Phi) is 11.1. The quantitative estimate of drug-likeness (QED) is 0.109. The van der Waals surface area contributed by atoms with Gasteiger partial charge in [0.05, 0.1) is 37.3 Å². The lowest BCUT2D eigenvalue weighted by atomic mass is 10.1. The molecule has 1 atom stereocenters. The van der Waals surface area contributed by atoms with Crippen LogP contribution >= 0.6 is 11.8 Å². The van der Waals surface area contributed by atoms with E-state index < -0.39 is 28.9 Å². The molecule has 4 aromatic rings. The van der Waals surface area contributed by atoms with Crippen molar-refractivity contribution in [1.82, 2.24) is 5.32 Å². The van der Waals surface area contributed by atoms with E-state index in [4.69, 9.17) is 14.2 Å². The highest BCUT2D eigenvalue weighted by atomic mass is 32.2. The van der Waals surface area contributed by atoms with E-state index in [0.29, 0.717) is 44.5 Å². The summed E-state index contributed by atoms with van der Waals surface area (Å²) in [6.07, 6.45) is 1.47. The maximum Gasteiger partial charge on any atom is 0.338 e. The summed E-state index contributed by atoms with van der Waals surface area (Å²) in [6, 6.07) is 26.6. The molecule has 0 bridgehead atoms. The van der Waals surface area contributed by atoms with Gasteiger partial charge in [-0.3, -0.25) is 19.2 Å². The number of rotatable bonds is 12. The number of amides is 4. The Labute approximate surface area is 287 Å². The summed E-state index contributed by atoms with van der Waals surface area (Å²) in [7, 11) is 2.97. The molecule has 0 radical (unpaired) electrons. The van der Waals surface area contributed by atoms with E-state index in [1.165, 1.54) is 56.3 Å². The van der Waals surface area contributed by atoms with Crippen LogP contribution < -0.4 is 25.0 Å². The van der Waals surface area contributed by atoms with Gasteiger partial charge in [-0.05, 0) is 73.7 Å². The maximum atomic E-state index is 13.7. The van der Waals surface area contributed by atoms with Crippen LogP contribution in [-0.2, 0) is 19.1 Å². The third-order valence-electron chi connectivity index (χ3n) is 7.37. The van der Waals surface area contributed by atoms with Crippen LogP contribution in [0, 0.1) is 0 Å². The van der Waals surface area contributed by atoms with Crippen LogP contribution in [0.1, 0.15) is 39.6 Å². The van der Waals surface area contributed by atoms with Crippen molar-refractivity contribution in [3.05, 3.63) is 119 Å². The molecule has 1 heterocycles. The number of esters is 1. The van der Waals surface area contributed by atoms with Crippen LogP contribution in [0.5, 0.6) is 11.5 Å². The van der Waals surface area contributed by atoms with Crippen molar-refractivity contribution in [2.24, 2.45) is 0 Å². The van der Waals surface area contributed by atoms with Gasteiger partial charge in [-0.1, -0.05) is 36.4 Å². The van der Waals surface area contributed by atoms with Crippen LogP contribution in [-0.4, -0.2) is 55.7 Å². The molecular formula is C37H33N3O8S.